The molecular weight excluding hydrogens is 178 g/mol. The Morgan fingerprint density at radius 1 is 1.50 bits per heavy atom. The monoisotopic (exact) mass is 201 g/mol. The second kappa shape index (κ2) is 5.10. The van der Waals surface area contributed by atoms with Crippen LogP contribution < -0.4 is 0 Å². The summed E-state index contributed by atoms with van der Waals surface area (Å²) in [6.45, 7) is 10.4. The fraction of sp³-hybridized carbons (Fsp3) is 1.00. The van der Waals surface area contributed by atoms with Gasteiger partial charge < -0.3 is 9.47 Å². The van der Waals surface area contributed by atoms with Crippen LogP contribution in [-0.4, -0.2) is 50.0 Å². The van der Waals surface area contributed by atoms with Crippen molar-refractivity contribution in [3.8, 4) is 0 Å². The standard InChI is InChI=1S/C11H23NO2/c1-5-11(2,3)12-6-7-14-10(8-12)9-13-4/h10H,5-9H2,1-4H3. The Bertz CT molecular complexity index is 169. The molecule has 1 rings (SSSR count). The minimum Gasteiger partial charge on any atom is -0.382 e. The molecule has 3 nitrogen and oxygen atoms in total. The van der Waals surface area contributed by atoms with E-state index in [2.05, 4.69) is 25.7 Å². The predicted octanol–water partition coefficient (Wildman–Crippen LogP) is 1.52. The maximum Gasteiger partial charge on any atom is 0.0935 e. The van der Waals surface area contributed by atoms with Crippen LogP contribution in [0.15, 0.2) is 0 Å². The maximum absolute atomic E-state index is 5.62. The van der Waals surface area contributed by atoms with Gasteiger partial charge in [0, 0.05) is 25.7 Å². The van der Waals surface area contributed by atoms with Crippen LogP contribution in [-0.2, 0) is 9.47 Å². The van der Waals surface area contributed by atoms with Crippen LogP contribution in [0.2, 0.25) is 0 Å². The van der Waals surface area contributed by atoms with Crippen LogP contribution in [0.4, 0.5) is 0 Å². The van der Waals surface area contributed by atoms with Crippen LogP contribution in [0.5, 0.6) is 0 Å². The highest BCUT2D eigenvalue weighted by Gasteiger charge is 2.30. The molecule has 0 radical (unpaired) electrons. The van der Waals surface area contributed by atoms with Crippen molar-refractivity contribution in [2.75, 3.05) is 33.4 Å². The Hall–Kier alpha value is -0.120. The summed E-state index contributed by atoms with van der Waals surface area (Å²) in [7, 11) is 1.73. The second-order valence-electron chi connectivity index (χ2n) is 4.56. The number of ether oxygens (including phenoxy) is 2. The smallest absolute Gasteiger partial charge is 0.0935 e. The number of hydrogen-bond acceptors (Lipinski definition) is 3. The van der Waals surface area contributed by atoms with Crippen molar-refractivity contribution < 1.29 is 9.47 Å². The highest BCUT2D eigenvalue weighted by atomic mass is 16.5. The van der Waals surface area contributed by atoms with Crippen molar-refractivity contribution >= 4 is 0 Å². The first-order valence-corrected chi connectivity index (χ1v) is 5.45. The minimum atomic E-state index is 0.250. The molecule has 1 heterocycles. The van der Waals surface area contributed by atoms with Crippen LogP contribution in [0.3, 0.4) is 0 Å². The lowest BCUT2D eigenvalue weighted by molar-refractivity contribution is -0.0865. The first-order valence-electron chi connectivity index (χ1n) is 5.45. The molecule has 0 N–H and O–H groups in total. The van der Waals surface area contributed by atoms with Gasteiger partial charge >= 0.3 is 0 Å². The Labute approximate surface area is 87.4 Å². The van der Waals surface area contributed by atoms with Gasteiger partial charge in [-0.25, -0.2) is 0 Å². The van der Waals surface area contributed by atoms with Gasteiger partial charge in [0.2, 0.25) is 0 Å². The van der Waals surface area contributed by atoms with Gasteiger partial charge in [-0.3, -0.25) is 4.90 Å². The van der Waals surface area contributed by atoms with E-state index in [0.29, 0.717) is 6.61 Å². The summed E-state index contributed by atoms with van der Waals surface area (Å²) in [6, 6.07) is 0. The van der Waals surface area contributed by atoms with Gasteiger partial charge in [0.15, 0.2) is 0 Å². The SMILES string of the molecule is CCC(C)(C)N1CCOC(COC)C1. The third-order valence-corrected chi connectivity index (χ3v) is 3.21. The van der Waals surface area contributed by atoms with Gasteiger partial charge in [-0.15, -0.1) is 0 Å². The number of morpholine rings is 1. The molecule has 84 valence electrons. The second-order valence-corrected chi connectivity index (χ2v) is 4.56. The third kappa shape index (κ3) is 2.94. The molecule has 14 heavy (non-hydrogen) atoms. The fourth-order valence-corrected chi connectivity index (χ4v) is 1.78. The molecule has 3 heteroatoms. The molecule has 0 aromatic heterocycles. The quantitative estimate of drug-likeness (QED) is 0.688. The molecule has 1 saturated heterocycles. The molecule has 0 spiro atoms. The van der Waals surface area contributed by atoms with Gasteiger partial charge in [0.05, 0.1) is 19.3 Å². The lowest BCUT2D eigenvalue weighted by Crippen LogP contribution is -2.53. The zero-order valence-electron chi connectivity index (χ0n) is 9.88. The van der Waals surface area contributed by atoms with Crippen LogP contribution in [0.1, 0.15) is 27.2 Å². The summed E-state index contributed by atoms with van der Waals surface area (Å²) in [5.74, 6) is 0. The molecule has 0 aromatic carbocycles. The Morgan fingerprint density at radius 2 is 2.21 bits per heavy atom. The van der Waals surface area contributed by atoms with E-state index in [1.807, 2.05) is 0 Å². The molecule has 1 aliphatic heterocycles. The van der Waals surface area contributed by atoms with Crippen LogP contribution in [0, 0.1) is 0 Å². The molecule has 1 fully saturated rings. The molecule has 1 aliphatic rings. The van der Waals surface area contributed by atoms with E-state index in [1.54, 1.807) is 7.11 Å². The van der Waals surface area contributed by atoms with E-state index < -0.39 is 0 Å². The Kier molecular flexibility index (Phi) is 4.35. The Morgan fingerprint density at radius 3 is 2.79 bits per heavy atom. The van der Waals surface area contributed by atoms with E-state index in [0.717, 1.165) is 19.7 Å². The number of hydrogen-bond donors (Lipinski definition) is 0. The topological polar surface area (TPSA) is 21.7 Å². The average molecular weight is 201 g/mol. The molecule has 0 aliphatic carbocycles. The third-order valence-electron chi connectivity index (χ3n) is 3.21. The molecule has 0 amide bonds. The number of nitrogens with zero attached hydrogens (tertiary/aromatic N) is 1. The van der Waals surface area contributed by atoms with Gasteiger partial charge in [-0.1, -0.05) is 6.92 Å². The van der Waals surface area contributed by atoms with E-state index >= 15 is 0 Å². The lowest BCUT2D eigenvalue weighted by Gasteiger charge is -2.43. The number of rotatable bonds is 4. The Balaban J connectivity index is 2.47. The predicted molar refractivity (Wildman–Crippen MR) is 57.6 cm³/mol. The van der Waals surface area contributed by atoms with Crippen molar-refractivity contribution in [2.45, 2.75) is 38.8 Å². The largest absolute Gasteiger partial charge is 0.382 e. The summed E-state index contributed by atoms with van der Waals surface area (Å²) in [5.41, 5.74) is 0.287. The average Bonchev–Trinajstić information content (AvgIpc) is 2.19. The number of methoxy groups -OCH3 is 1. The van der Waals surface area contributed by atoms with E-state index in [1.165, 1.54) is 6.42 Å². The van der Waals surface area contributed by atoms with Crippen molar-refractivity contribution in [3.63, 3.8) is 0 Å². The molecule has 0 saturated carbocycles. The highest BCUT2D eigenvalue weighted by molar-refractivity contribution is 4.84. The van der Waals surface area contributed by atoms with Gasteiger partial charge in [0.25, 0.3) is 0 Å². The fourth-order valence-electron chi connectivity index (χ4n) is 1.78. The van der Waals surface area contributed by atoms with Crippen LogP contribution >= 0.6 is 0 Å². The lowest BCUT2D eigenvalue weighted by atomic mass is 9.98. The van der Waals surface area contributed by atoms with Crippen molar-refractivity contribution in [2.24, 2.45) is 0 Å². The van der Waals surface area contributed by atoms with Crippen molar-refractivity contribution in [1.29, 1.82) is 0 Å². The normalized spacial score (nSPS) is 25.3. The first-order chi connectivity index (χ1) is 6.60. The zero-order valence-corrected chi connectivity index (χ0v) is 9.88. The first kappa shape index (κ1) is 12.0. The minimum absolute atomic E-state index is 0.250. The van der Waals surface area contributed by atoms with Gasteiger partial charge in [0.1, 0.15) is 0 Å². The van der Waals surface area contributed by atoms with Gasteiger partial charge in [-0.2, -0.15) is 0 Å². The summed E-state index contributed by atoms with van der Waals surface area (Å²) >= 11 is 0. The summed E-state index contributed by atoms with van der Waals surface area (Å²) in [6.07, 6.45) is 1.42. The summed E-state index contributed by atoms with van der Waals surface area (Å²) in [5, 5.41) is 0. The van der Waals surface area contributed by atoms with E-state index in [9.17, 15) is 0 Å². The molecular formula is C11H23NO2. The van der Waals surface area contributed by atoms with E-state index in [4.69, 9.17) is 9.47 Å². The molecule has 1 atom stereocenters. The zero-order chi connectivity index (χ0) is 10.6. The maximum atomic E-state index is 5.62. The van der Waals surface area contributed by atoms with Crippen molar-refractivity contribution in [3.05, 3.63) is 0 Å². The molecule has 0 aromatic rings. The summed E-state index contributed by atoms with van der Waals surface area (Å²) in [4.78, 5) is 2.50. The van der Waals surface area contributed by atoms with E-state index in [-0.39, 0.29) is 11.6 Å². The van der Waals surface area contributed by atoms with Crippen molar-refractivity contribution in [1.82, 2.24) is 4.90 Å². The highest BCUT2D eigenvalue weighted by Crippen LogP contribution is 2.21. The van der Waals surface area contributed by atoms with Gasteiger partial charge in [-0.05, 0) is 20.3 Å². The summed E-state index contributed by atoms with van der Waals surface area (Å²) < 4.78 is 10.7. The molecule has 1 unspecified atom stereocenters. The molecule has 0 bridgehead atoms. The van der Waals surface area contributed by atoms with Crippen LogP contribution in [0.25, 0.3) is 0 Å².